The van der Waals surface area contributed by atoms with E-state index >= 15 is 0 Å². The Bertz CT molecular complexity index is 1070. The van der Waals surface area contributed by atoms with Crippen molar-refractivity contribution in [2.45, 2.75) is 13.5 Å². The van der Waals surface area contributed by atoms with Crippen molar-refractivity contribution in [2.24, 2.45) is 0 Å². The summed E-state index contributed by atoms with van der Waals surface area (Å²) >= 11 is 0. The number of anilines is 1. The molecule has 2 aromatic carbocycles. The molecule has 0 spiro atoms. The molecule has 0 aliphatic carbocycles. The molecule has 9 heteroatoms. The minimum Gasteiger partial charge on any atom is -0.457 e. The quantitative estimate of drug-likeness (QED) is 0.406. The molecule has 8 nitrogen and oxygen atoms in total. The number of rotatable bonds is 8. The van der Waals surface area contributed by atoms with Crippen LogP contribution < -0.4 is 9.04 Å². The third kappa shape index (κ3) is 5.08. The van der Waals surface area contributed by atoms with E-state index in [1.807, 2.05) is 6.07 Å². The van der Waals surface area contributed by atoms with Crippen molar-refractivity contribution >= 4 is 21.4 Å². The number of ether oxygens (including phenoxy) is 1. The SMILES string of the molecule is CCS(=O)(=O)N(Cc1cccnc1)c1ccc(Oc2ccc([N+](=O)[O-])cc2)cc1. The highest BCUT2D eigenvalue weighted by atomic mass is 32.2. The van der Waals surface area contributed by atoms with Gasteiger partial charge in [0.15, 0.2) is 0 Å². The molecule has 1 heterocycles. The number of hydrogen-bond acceptors (Lipinski definition) is 6. The smallest absolute Gasteiger partial charge is 0.269 e. The number of nitro benzene ring substituents is 1. The number of pyridine rings is 1. The van der Waals surface area contributed by atoms with Crippen molar-refractivity contribution in [1.82, 2.24) is 4.98 Å². The second-order valence-electron chi connectivity index (χ2n) is 6.12. The van der Waals surface area contributed by atoms with E-state index in [4.69, 9.17) is 4.74 Å². The van der Waals surface area contributed by atoms with E-state index in [9.17, 15) is 18.5 Å². The Balaban J connectivity index is 1.80. The highest BCUT2D eigenvalue weighted by molar-refractivity contribution is 7.92. The van der Waals surface area contributed by atoms with Gasteiger partial charge >= 0.3 is 0 Å². The second-order valence-corrected chi connectivity index (χ2v) is 8.30. The van der Waals surface area contributed by atoms with Crippen LogP contribution in [-0.2, 0) is 16.6 Å². The van der Waals surface area contributed by atoms with Gasteiger partial charge < -0.3 is 4.74 Å². The van der Waals surface area contributed by atoms with Gasteiger partial charge in [0.2, 0.25) is 10.0 Å². The minimum atomic E-state index is -3.50. The maximum atomic E-state index is 12.6. The largest absolute Gasteiger partial charge is 0.457 e. The van der Waals surface area contributed by atoms with Crippen molar-refractivity contribution in [1.29, 1.82) is 0 Å². The molecule has 0 unspecified atom stereocenters. The number of nitrogens with zero attached hydrogens (tertiary/aromatic N) is 3. The molecule has 0 saturated heterocycles. The lowest BCUT2D eigenvalue weighted by atomic mass is 10.2. The normalized spacial score (nSPS) is 11.1. The van der Waals surface area contributed by atoms with Crippen molar-refractivity contribution in [3.8, 4) is 11.5 Å². The number of aromatic nitrogens is 1. The fourth-order valence-electron chi connectivity index (χ4n) is 2.62. The first-order valence-electron chi connectivity index (χ1n) is 8.81. The standard InChI is InChI=1S/C20H19N3O5S/c1-2-29(26,27)22(15-16-4-3-13-21-14-16)17-5-9-19(10-6-17)28-20-11-7-18(8-12-20)23(24)25/h3-14H,2,15H2,1H3. The van der Waals surface area contributed by atoms with Crippen LogP contribution in [0.25, 0.3) is 0 Å². The maximum Gasteiger partial charge on any atom is 0.269 e. The van der Waals surface area contributed by atoms with E-state index in [2.05, 4.69) is 4.98 Å². The summed E-state index contributed by atoms with van der Waals surface area (Å²) in [5.74, 6) is 0.892. The van der Waals surface area contributed by atoms with Crippen LogP contribution in [0, 0.1) is 10.1 Å². The lowest BCUT2D eigenvalue weighted by molar-refractivity contribution is -0.384. The Morgan fingerprint density at radius 3 is 2.17 bits per heavy atom. The van der Waals surface area contributed by atoms with Gasteiger partial charge in [-0.25, -0.2) is 8.42 Å². The monoisotopic (exact) mass is 413 g/mol. The van der Waals surface area contributed by atoms with Gasteiger partial charge in [-0.1, -0.05) is 6.07 Å². The highest BCUT2D eigenvalue weighted by Crippen LogP contribution is 2.28. The zero-order chi connectivity index (χ0) is 20.9. The van der Waals surface area contributed by atoms with Crippen LogP contribution in [0.5, 0.6) is 11.5 Å². The molecule has 0 atom stereocenters. The van der Waals surface area contributed by atoms with Crippen LogP contribution in [0.3, 0.4) is 0 Å². The molecule has 0 radical (unpaired) electrons. The Kier molecular flexibility index (Phi) is 6.08. The molecule has 1 aromatic heterocycles. The third-order valence-electron chi connectivity index (χ3n) is 4.16. The van der Waals surface area contributed by atoms with Gasteiger partial charge in [-0.05, 0) is 55.0 Å². The van der Waals surface area contributed by atoms with Gasteiger partial charge in [0.1, 0.15) is 11.5 Å². The molecule has 0 aliphatic heterocycles. The molecular formula is C20H19N3O5S. The summed E-state index contributed by atoms with van der Waals surface area (Å²) in [6.07, 6.45) is 3.26. The van der Waals surface area contributed by atoms with Crippen molar-refractivity contribution in [2.75, 3.05) is 10.1 Å². The van der Waals surface area contributed by atoms with Crippen LogP contribution in [0.1, 0.15) is 12.5 Å². The van der Waals surface area contributed by atoms with E-state index < -0.39 is 14.9 Å². The number of non-ortho nitro benzene ring substituents is 1. The molecule has 0 amide bonds. The van der Waals surface area contributed by atoms with Crippen molar-refractivity contribution < 1.29 is 18.1 Å². The van der Waals surface area contributed by atoms with Crippen molar-refractivity contribution in [3.63, 3.8) is 0 Å². The molecule has 0 bridgehead atoms. The average Bonchev–Trinajstić information content (AvgIpc) is 2.74. The summed E-state index contributed by atoms with van der Waals surface area (Å²) in [5.41, 5.74) is 1.26. The predicted molar refractivity (Wildman–Crippen MR) is 109 cm³/mol. The van der Waals surface area contributed by atoms with Gasteiger partial charge in [0, 0.05) is 24.5 Å². The first-order valence-corrected chi connectivity index (χ1v) is 10.4. The Morgan fingerprint density at radius 2 is 1.66 bits per heavy atom. The fraction of sp³-hybridized carbons (Fsp3) is 0.150. The molecule has 0 saturated carbocycles. The molecule has 150 valence electrons. The number of benzene rings is 2. The first kappa shape index (κ1) is 20.3. The zero-order valence-corrected chi connectivity index (χ0v) is 16.5. The number of sulfonamides is 1. The van der Waals surface area contributed by atoms with E-state index in [1.54, 1.807) is 49.6 Å². The van der Waals surface area contributed by atoms with Gasteiger partial charge in [0.05, 0.1) is 22.9 Å². The number of hydrogen-bond donors (Lipinski definition) is 0. The van der Waals surface area contributed by atoms with E-state index in [1.165, 1.54) is 28.6 Å². The van der Waals surface area contributed by atoms with E-state index in [0.717, 1.165) is 5.56 Å². The number of nitro groups is 1. The van der Waals surface area contributed by atoms with Crippen LogP contribution in [0.15, 0.2) is 73.1 Å². The van der Waals surface area contributed by atoms with Crippen LogP contribution >= 0.6 is 0 Å². The molecular weight excluding hydrogens is 394 g/mol. The highest BCUT2D eigenvalue weighted by Gasteiger charge is 2.21. The first-order chi connectivity index (χ1) is 13.9. The molecule has 0 fully saturated rings. The Hall–Kier alpha value is -3.46. The summed E-state index contributed by atoms with van der Waals surface area (Å²) in [4.78, 5) is 14.3. The van der Waals surface area contributed by atoms with Gasteiger partial charge in [0.25, 0.3) is 5.69 Å². The average molecular weight is 413 g/mol. The summed E-state index contributed by atoms with van der Waals surface area (Å²) in [6, 6.07) is 15.9. The van der Waals surface area contributed by atoms with Crippen LogP contribution in [0.2, 0.25) is 0 Å². The lowest BCUT2D eigenvalue weighted by Crippen LogP contribution is -2.31. The van der Waals surface area contributed by atoms with E-state index in [-0.39, 0.29) is 18.0 Å². The molecule has 3 aromatic rings. The molecule has 0 N–H and O–H groups in total. The van der Waals surface area contributed by atoms with Crippen LogP contribution in [-0.4, -0.2) is 24.1 Å². The van der Waals surface area contributed by atoms with E-state index in [0.29, 0.717) is 17.2 Å². The van der Waals surface area contributed by atoms with Crippen molar-refractivity contribution in [3.05, 3.63) is 88.7 Å². The summed E-state index contributed by atoms with van der Waals surface area (Å²) < 4.78 is 32.2. The summed E-state index contributed by atoms with van der Waals surface area (Å²) in [7, 11) is -3.50. The van der Waals surface area contributed by atoms with Gasteiger partial charge in [-0.15, -0.1) is 0 Å². The molecule has 3 rings (SSSR count). The predicted octanol–water partition coefficient (Wildman–Crippen LogP) is 4.14. The second kappa shape index (κ2) is 8.70. The minimum absolute atomic E-state index is 0.0245. The lowest BCUT2D eigenvalue weighted by Gasteiger charge is -2.24. The summed E-state index contributed by atoms with van der Waals surface area (Å²) in [5, 5.41) is 10.7. The molecule has 0 aliphatic rings. The zero-order valence-electron chi connectivity index (χ0n) is 15.6. The third-order valence-corrected chi connectivity index (χ3v) is 5.90. The maximum absolute atomic E-state index is 12.6. The summed E-state index contributed by atoms with van der Waals surface area (Å²) in [6.45, 7) is 1.77. The van der Waals surface area contributed by atoms with Gasteiger partial charge in [-0.3, -0.25) is 19.4 Å². The Morgan fingerprint density at radius 1 is 1.03 bits per heavy atom. The topological polar surface area (TPSA) is 103 Å². The Labute approximate surface area is 168 Å². The fourth-order valence-corrected chi connectivity index (χ4v) is 3.72. The van der Waals surface area contributed by atoms with Crippen LogP contribution in [0.4, 0.5) is 11.4 Å². The van der Waals surface area contributed by atoms with Gasteiger partial charge in [-0.2, -0.15) is 0 Å². The molecule has 29 heavy (non-hydrogen) atoms.